The minimum Gasteiger partial charge on any atom is -0.462 e. The Morgan fingerprint density at radius 1 is 0.333 bits per heavy atom. The highest BCUT2D eigenvalue weighted by Gasteiger charge is 2.19. The highest BCUT2D eigenvalue weighted by Crippen LogP contribution is 2.12. The average Bonchev–Trinajstić information content (AvgIpc) is 3.28. The molecule has 0 radical (unpaired) electrons. The van der Waals surface area contributed by atoms with Crippen LogP contribution in [0.15, 0.2) is 134 Å². The zero-order chi connectivity index (χ0) is 45.8. The molecule has 6 heteroatoms. The smallest absolute Gasteiger partial charge is 0.306 e. The first-order valence-electron chi connectivity index (χ1n) is 24.7. The van der Waals surface area contributed by atoms with Gasteiger partial charge in [0.2, 0.25) is 0 Å². The maximum atomic E-state index is 12.8. The lowest BCUT2D eigenvalue weighted by Crippen LogP contribution is -2.30. The zero-order valence-corrected chi connectivity index (χ0v) is 40.0. The van der Waals surface area contributed by atoms with E-state index in [-0.39, 0.29) is 37.5 Å². The summed E-state index contributed by atoms with van der Waals surface area (Å²) in [6, 6.07) is 0. The van der Waals surface area contributed by atoms with Crippen LogP contribution < -0.4 is 0 Å². The number of hydrogen-bond acceptors (Lipinski definition) is 6. The van der Waals surface area contributed by atoms with Crippen LogP contribution in [0, 0.1) is 0 Å². The SMILES string of the molecule is CC/C=C/C=C/C=C/CCCCCCCC(=O)OCC(COC(=O)CCCCC/C=C/C/C=C/C/C=C/C/C=C/CC)OC(=O)CCCCC/C=C/C/C=C/C/C=C/C/C=C/CC. The molecule has 0 spiro atoms. The van der Waals surface area contributed by atoms with Gasteiger partial charge in [0.1, 0.15) is 13.2 Å². The molecule has 63 heavy (non-hydrogen) atoms. The third-order valence-electron chi connectivity index (χ3n) is 9.69. The molecule has 6 nitrogen and oxygen atoms in total. The maximum absolute atomic E-state index is 12.8. The van der Waals surface area contributed by atoms with Crippen LogP contribution in [0.4, 0.5) is 0 Å². The Morgan fingerprint density at radius 3 is 1.08 bits per heavy atom. The van der Waals surface area contributed by atoms with Gasteiger partial charge in [-0.05, 0) is 116 Å². The van der Waals surface area contributed by atoms with Crippen molar-refractivity contribution in [3.8, 4) is 0 Å². The number of ether oxygens (including phenoxy) is 3. The molecule has 0 bridgehead atoms. The number of allylic oxidation sites excluding steroid dienone is 22. The molecule has 0 rings (SSSR count). The average molecular weight is 869 g/mol. The monoisotopic (exact) mass is 869 g/mol. The van der Waals surface area contributed by atoms with E-state index >= 15 is 0 Å². The second kappa shape index (κ2) is 50.2. The van der Waals surface area contributed by atoms with Crippen molar-refractivity contribution in [1.29, 1.82) is 0 Å². The summed E-state index contributed by atoms with van der Waals surface area (Å²) in [6.07, 6.45) is 70.0. The van der Waals surface area contributed by atoms with Gasteiger partial charge in [0.15, 0.2) is 6.10 Å². The van der Waals surface area contributed by atoms with E-state index in [1.165, 1.54) is 0 Å². The van der Waals surface area contributed by atoms with Crippen LogP contribution in [0.3, 0.4) is 0 Å². The maximum Gasteiger partial charge on any atom is 0.306 e. The highest BCUT2D eigenvalue weighted by atomic mass is 16.6. The molecule has 0 fully saturated rings. The second-order valence-electron chi connectivity index (χ2n) is 15.6. The highest BCUT2D eigenvalue weighted by molar-refractivity contribution is 5.71. The van der Waals surface area contributed by atoms with Crippen molar-refractivity contribution in [2.24, 2.45) is 0 Å². The number of hydrogen-bond donors (Lipinski definition) is 0. The standard InChI is InChI=1S/C57H88O6/c1-4-7-10-13-16-19-22-25-27-29-32-35-38-41-44-47-50-56(59)62-53-54(52-61-55(58)49-46-43-40-37-34-31-24-21-18-15-12-9-6-3)63-57(60)51-48-45-42-39-36-33-30-28-26-23-20-17-14-11-8-5-2/h7-12,15-21,24-28,32-33,35-36,54H,4-6,13-14,22-23,29-31,34,37-53H2,1-3H3/b10-7+,11-8+,12-9+,18-15+,19-16+,20-17+,24-21+,27-25+,28-26+,35-32+,36-33+. The molecule has 0 aromatic carbocycles. The summed E-state index contributed by atoms with van der Waals surface area (Å²) in [7, 11) is 0. The van der Waals surface area contributed by atoms with Crippen LogP contribution >= 0.6 is 0 Å². The van der Waals surface area contributed by atoms with Gasteiger partial charge in [-0.25, -0.2) is 0 Å². The normalized spacial score (nSPS) is 13.3. The van der Waals surface area contributed by atoms with Gasteiger partial charge in [0.25, 0.3) is 0 Å². The number of carbonyl (C=O) groups excluding carboxylic acids is 3. The van der Waals surface area contributed by atoms with E-state index in [0.29, 0.717) is 19.3 Å². The van der Waals surface area contributed by atoms with Gasteiger partial charge >= 0.3 is 17.9 Å². The van der Waals surface area contributed by atoms with Crippen molar-refractivity contribution in [2.75, 3.05) is 13.2 Å². The Hall–Kier alpha value is -4.45. The van der Waals surface area contributed by atoms with E-state index in [4.69, 9.17) is 14.2 Å². The fourth-order valence-electron chi connectivity index (χ4n) is 6.07. The third kappa shape index (κ3) is 48.4. The predicted molar refractivity (Wildman–Crippen MR) is 269 cm³/mol. The minimum absolute atomic E-state index is 0.117. The Bertz CT molecular complexity index is 1420. The Kier molecular flexibility index (Phi) is 46.7. The summed E-state index contributed by atoms with van der Waals surface area (Å²) >= 11 is 0. The van der Waals surface area contributed by atoms with E-state index in [2.05, 4.69) is 148 Å². The van der Waals surface area contributed by atoms with Crippen LogP contribution in [0.1, 0.15) is 188 Å². The fourth-order valence-corrected chi connectivity index (χ4v) is 6.07. The van der Waals surface area contributed by atoms with Crippen LogP contribution in [0.5, 0.6) is 0 Å². The fraction of sp³-hybridized carbons (Fsp3) is 0.561. The lowest BCUT2D eigenvalue weighted by atomic mass is 10.1. The van der Waals surface area contributed by atoms with Crippen molar-refractivity contribution >= 4 is 17.9 Å². The van der Waals surface area contributed by atoms with E-state index in [9.17, 15) is 14.4 Å². The molecular formula is C57H88O6. The molecule has 0 aliphatic rings. The van der Waals surface area contributed by atoms with Crippen LogP contribution in [-0.4, -0.2) is 37.2 Å². The molecule has 1 unspecified atom stereocenters. The van der Waals surface area contributed by atoms with Gasteiger partial charge in [0, 0.05) is 19.3 Å². The van der Waals surface area contributed by atoms with Crippen LogP contribution in [0.25, 0.3) is 0 Å². The van der Waals surface area contributed by atoms with E-state index in [0.717, 1.165) is 141 Å². The molecule has 0 saturated heterocycles. The summed E-state index contributed by atoms with van der Waals surface area (Å²) in [4.78, 5) is 37.9. The van der Waals surface area contributed by atoms with Crippen molar-refractivity contribution in [2.45, 2.75) is 194 Å². The lowest BCUT2D eigenvalue weighted by Gasteiger charge is -2.18. The van der Waals surface area contributed by atoms with Gasteiger partial charge in [-0.3, -0.25) is 14.4 Å². The molecule has 0 aromatic heterocycles. The van der Waals surface area contributed by atoms with Crippen molar-refractivity contribution in [1.82, 2.24) is 0 Å². The summed E-state index contributed by atoms with van der Waals surface area (Å²) < 4.78 is 16.7. The van der Waals surface area contributed by atoms with Gasteiger partial charge < -0.3 is 14.2 Å². The van der Waals surface area contributed by atoms with Gasteiger partial charge in [-0.2, -0.15) is 0 Å². The number of unbranched alkanes of at least 4 members (excludes halogenated alkanes) is 11. The first-order valence-corrected chi connectivity index (χ1v) is 24.7. The van der Waals surface area contributed by atoms with Gasteiger partial charge in [-0.15, -0.1) is 0 Å². The first kappa shape index (κ1) is 58.6. The largest absolute Gasteiger partial charge is 0.462 e. The molecular weight excluding hydrogens is 781 g/mol. The van der Waals surface area contributed by atoms with Gasteiger partial charge in [-0.1, -0.05) is 187 Å². The predicted octanol–water partition coefficient (Wildman–Crippen LogP) is 16.3. The Labute approximate surface area is 385 Å². The molecule has 1 atom stereocenters. The van der Waals surface area contributed by atoms with Crippen molar-refractivity contribution in [3.63, 3.8) is 0 Å². The molecule has 0 heterocycles. The van der Waals surface area contributed by atoms with E-state index in [1.54, 1.807) is 0 Å². The number of carbonyl (C=O) groups is 3. The van der Waals surface area contributed by atoms with E-state index in [1.807, 2.05) is 6.08 Å². The molecule has 0 aromatic rings. The first-order chi connectivity index (χ1) is 31.0. The molecule has 0 N–H and O–H groups in total. The van der Waals surface area contributed by atoms with Crippen molar-refractivity contribution < 1.29 is 28.6 Å². The van der Waals surface area contributed by atoms with Crippen LogP contribution in [0.2, 0.25) is 0 Å². The molecule has 0 saturated carbocycles. The summed E-state index contributed by atoms with van der Waals surface area (Å²) in [5.41, 5.74) is 0. The van der Waals surface area contributed by atoms with Crippen molar-refractivity contribution in [3.05, 3.63) is 134 Å². The summed E-state index contributed by atoms with van der Waals surface area (Å²) in [5, 5.41) is 0. The Balaban J connectivity index is 4.56. The second-order valence-corrected chi connectivity index (χ2v) is 15.6. The molecule has 0 aliphatic carbocycles. The topological polar surface area (TPSA) is 78.9 Å². The quantitative estimate of drug-likeness (QED) is 0.0200. The Morgan fingerprint density at radius 2 is 0.651 bits per heavy atom. The zero-order valence-electron chi connectivity index (χ0n) is 40.0. The third-order valence-corrected chi connectivity index (χ3v) is 9.69. The van der Waals surface area contributed by atoms with Crippen LogP contribution in [-0.2, 0) is 28.6 Å². The molecule has 0 aliphatic heterocycles. The molecule has 0 amide bonds. The van der Waals surface area contributed by atoms with Gasteiger partial charge in [0.05, 0.1) is 0 Å². The summed E-state index contributed by atoms with van der Waals surface area (Å²) in [6.45, 7) is 6.17. The number of rotatable bonds is 42. The van der Waals surface area contributed by atoms with E-state index < -0.39 is 6.10 Å². The lowest BCUT2D eigenvalue weighted by molar-refractivity contribution is -0.167. The summed E-state index contributed by atoms with van der Waals surface area (Å²) in [5.74, 6) is -1.01. The minimum atomic E-state index is -0.821. The molecule has 352 valence electrons. The number of esters is 3.